The largest absolute Gasteiger partial charge is 0.376 e. The number of fused-ring (bicyclic) bond motifs is 2. The molecule has 120 valence electrons. The van der Waals surface area contributed by atoms with Crippen LogP contribution in [0.15, 0.2) is 24.3 Å². The number of para-hydroxylation sites is 1. The quantitative estimate of drug-likeness (QED) is 0.831. The lowest BCUT2D eigenvalue weighted by atomic mass is 9.71. The van der Waals surface area contributed by atoms with Gasteiger partial charge in [-0.15, -0.1) is 0 Å². The SMILES string of the molecule is CON1C(=O)[C@@]2(C[C@@H]3NC(=O)[C@@H]4C[C@H]2OC[C@H]34)c2ccccc21. The third-order valence-electron chi connectivity index (χ3n) is 6.10. The number of rotatable bonds is 1. The van der Waals surface area contributed by atoms with E-state index in [1.165, 1.54) is 12.2 Å². The Labute approximate surface area is 133 Å². The van der Waals surface area contributed by atoms with Crippen LogP contribution in [0, 0.1) is 11.8 Å². The molecule has 0 unspecified atom stereocenters. The summed E-state index contributed by atoms with van der Waals surface area (Å²) >= 11 is 0. The molecule has 1 aliphatic carbocycles. The number of amides is 2. The van der Waals surface area contributed by atoms with E-state index in [1.807, 2.05) is 24.3 Å². The highest BCUT2D eigenvalue weighted by Gasteiger charge is 2.65. The van der Waals surface area contributed by atoms with Gasteiger partial charge in [-0.3, -0.25) is 14.4 Å². The van der Waals surface area contributed by atoms with Gasteiger partial charge in [-0.1, -0.05) is 18.2 Å². The molecule has 5 atom stereocenters. The number of carbonyl (C=O) groups excluding carboxylic acids is 2. The summed E-state index contributed by atoms with van der Waals surface area (Å²) in [5.41, 5.74) is 0.990. The van der Waals surface area contributed by atoms with Gasteiger partial charge in [-0.2, -0.15) is 5.06 Å². The van der Waals surface area contributed by atoms with E-state index in [9.17, 15) is 9.59 Å². The van der Waals surface area contributed by atoms with Gasteiger partial charge in [-0.25, -0.2) is 0 Å². The number of benzene rings is 1. The van der Waals surface area contributed by atoms with Crippen LogP contribution in [0.3, 0.4) is 0 Å². The normalized spacial score (nSPS) is 40.5. The number of anilines is 1. The first-order valence-electron chi connectivity index (χ1n) is 8.07. The van der Waals surface area contributed by atoms with Crippen molar-refractivity contribution in [1.29, 1.82) is 0 Å². The predicted octanol–water partition coefficient (Wildman–Crippen LogP) is 0.756. The molecule has 3 saturated heterocycles. The van der Waals surface area contributed by atoms with E-state index in [0.717, 1.165) is 11.3 Å². The van der Waals surface area contributed by atoms with Crippen LogP contribution < -0.4 is 10.4 Å². The molecule has 1 saturated carbocycles. The second-order valence-electron chi connectivity index (χ2n) is 6.92. The van der Waals surface area contributed by atoms with Crippen molar-refractivity contribution in [2.75, 3.05) is 18.8 Å². The Bertz CT molecular complexity index is 720. The Morgan fingerprint density at radius 1 is 1.35 bits per heavy atom. The highest BCUT2D eigenvalue weighted by molar-refractivity contribution is 6.07. The Balaban J connectivity index is 1.71. The van der Waals surface area contributed by atoms with Crippen molar-refractivity contribution < 1.29 is 19.2 Å². The molecular formula is C17H18N2O4. The zero-order valence-corrected chi connectivity index (χ0v) is 12.8. The summed E-state index contributed by atoms with van der Waals surface area (Å²) in [6.45, 7) is 0.545. The maximum absolute atomic E-state index is 13.3. The third-order valence-corrected chi connectivity index (χ3v) is 6.10. The molecule has 1 spiro atoms. The van der Waals surface area contributed by atoms with E-state index in [4.69, 9.17) is 9.57 Å². The van der Waals surface area contributed by atoms with Crippen molar-refractivity contribution in [3.05, 3.63) is 29.8 Å². The van der Waals surface area contributed by atoms with Crippen molar-refractivity contribution in [3.8, 4) is 0 Å². The van der Waals surface area contributed by atoms with Gasteiger partial charge in [-0.05, 0) is 24.5 Å². The molecule has 23 heavy (non-hydrogen) atoms. The Morgan fingerprint density at radius 2 is 2.17 bits per heavy atom. The average Bonchev–Trinajstić information content (AvgIpc) is 2.88. The lowest BCUT2D eigenvalue weighted by molar-refractivity contribution is -0.142. The Morgan fingerprint density at radius 3 is 3.00 bits per heavy atom. The highest BCUT2D eigenvalue weighted by Crippen LogP contribution is 2.55. The van der Waals surface area contributed by atoms with E-state index in [0.29, 0.717) is 19.4 Å². The molecule has 1 N–H and O–H groups in total. The lowest BCUT2D eigenvalue weighted by Crippen LogP contribution is -2.53. The third kappa shape index (κ3) is 1.46. The summed E-state index contributed by atoms with van der Waals surface area (Å²) < 4.78 is 6.09. The molecule has 6 rings (SSSR count). The van der Waals surface area contributed by atoms with E-state index in [-0.39, 0.29) is 35.8 Å². The van der Waals surface area contributed by atoms with Crippen molar-refractivity contribution in [2.45, 2.75) is 30.4 Å². The molecule has 1 aromatic rings. The van der Waals surface area contributed by atoms with Gasteiger partial charge < -0.3 is 10.1 Å². The van der Waals surface area contributed by atoms with E-state index in [2.05, 4.69) is 5.32 Å². The van der Waals surface area contributed by atoms with Gasteiger partial charge >= 0.3 is 0 Å². The molecule has 6 heteroatoms. The number of hydroxylamine groups is 1. The van der Waals surface area contributed by atoms with E-state index in [1.54, 1.807) is 0 Å². The summed E-state index contributed by atoms with van der Waals surface area (Å²) in [5.74, 6) is 0.184. The van der Waals surface area contributed by atoms with Crippen LogP contribution in [0.1, 0.15) is 18.4 Å². The molecule has 4 bridgehead atoms. The zero-order valence-electron chi connectivity index (χ0n) is 12.8. The van der Waals surface area contributed by atoms with Crippen molar-refractivity contribution >= 4 is 17.5 Å². The van der Waals surface area contributed by atoms with Gasteiger partial charge in [0.1, 0.15) is 5.41 Å². The monoisotopic (exact) mass is 314 g/mol. The first kappa shape index (κ1) is 13.5. The Hall–Kier alpha value is -1.92. The van der Waals surface area contributed by atoms with E-state index >= 15 is 0 Å². The molecule has 5 aliphatic rings. The molecular weight excluding hydrogens is 296 g/mol. The summed E-state index contributed by atoms with van der Waals surface area (Å²) in [5, 5.41) is 4.47. The van der Waals surface area contributed by atoms with Crippen LogP contribution >= 0.6 is 0 Å². The summed E-state index contributed by atoms with van der Waals surface area (Å²) in [6.07, 6.45) is 0.916. The second kappa shape index (κ2) is 4.33. The minimum Gasteiger partial charge on any atom is -0.376 e. The molecule has 4 aliphatic heterocycles. The smallest absolute Gasteiger partial charge is 0.264 e. The number of hydrogen-bond acceptors (Lipinski definition) is 4. The molecule has 1 aromatic carbocycles. The minimum absolute atomic E-state index is 0.00573. The fourth-order valence-electron chi connectivity index (χ4n) is 5.06. The standard InChI is InChI=1S/C17H18N2O4/c1-22-19-13-5-3-2-4-11(13)17(16(19)21)7-12-10-8-23-14(17)6-9(10)15(20)18-12/h2-5,9-10,12,14H,6-8H2,1H3,(H,18,20)/t9-,10+,12+,14-,17+/m1/s1. The minimum atomic E-state index is -0.755. The zero-order chi connectivity index (χ0) is 15.8. The van der Waals surface area contributed by atoms with Gasteiger partial charge in [0.15, 0.2) is 0 Å². The predicted molar refractivity (Wildman–Crippen MR) is 80.5 cm³/mol. The van der Waals surface area contributed by atoms with Gasteiger partial charge in [0.05, 0.1) is 25.5 Å². The molecule has 4 fully saturated rings. The highest BCUT2D eigenvalue weighted by atomic mass is 16.7. The van der Waals surface area contributed by atoms with Crippen LogP contribution in [0.2, 0.25) is 0 Å². The number of ether oxygens (including phenoxy) is 1. The van der Waals surface area contributed by atoms with Crippen molar-refractivity contribution in [2.24, 2.45) is 11.8 Å². The van der Waals surface area contributed by atoms with Crippen LogP contribution in [0.4, 0.5) is 5.69 Å². The van der Waals surface area contributed by atoms with Gasteiger partial charge in [0.2, 0.25) is 5.91 Å². The first-order valence-corrected chi connectivity index (χ1v) is 8.07. The molecule has 0 radical (unpaired) electrons. The van der Waals surface area contributed by atoms with Gasteiger partial charge in [0.25, 0.3) is 5.91 Å². The maximum Gasteiger partial charge on any atom is 0.264 e. The molecule has 6 nitrogen and oxygen atoms in total. The lowest BCUT2D eigenvalue weighted by Gasteiger charge is -2.37. The number of carbonyl (C=O) groups is 2. The Kier molecular flexibility index (Phi) is 2.54. The fraction of sp³-hybridized carbons (Fsp3) is 0.529. The molecule has 4 heterocycles. The van der Waals surface area contributed by atoms with Crippen LogP contribution in [-0.4, -0.2) is 37.7 Å². The number of nitrogens with zero attached hydrogens (tertiary/aromatic N) is 1. The topological polar surface area (TPSA) is 67.9 Å². The summed E-state index contributed by atoms with van der Waals surface area (Å²) in [6, 6.07) is 7.74. The van der Waals surface area contributed by atoms with Crippen molar-refractivity contribution in [3.63, 3.8) is 0 Å². The average molecular weight is 314 g/mol. The van der Waals surface area contributed by atoms with Crippen molar-refractivity contribution in [1.82, 2.24) is 5.32 Å². The first-order chi connectivity index (χ1) is 11.2. The summed E-state index contributed by atoms with van der Waals surface area (Å²) in [4.78, 5) is 30.8. The molecule has 0 aromatic heterocycles. The van der Waals surface area contributed by atoms with Crippen LogP contribution in [0.5, 0.6) is 0 Å². The van der Waals surface area contributed by atoms with Crippen LogP contribution in [0.25, 0.3) is 0 Å². The van der Waals surface area contributed by atoms with Gasteiger partial charge in [0, 0.05) is 17.9 Å². The summed E-state index contributed by atoms with van der Waals surface area (Å²) in [7, 11) is 1.51. The fourth-order valence-corrected chi connectivity index (χ4v) is 5.06. The number of nitrogens with one attached hydrogen (secondary N) is 1. The second-order valence-corrected chi connectivity index (χ2v) is 6.92. The maximum atomic E-state index is 13.3. The molecule has 2 amide bonds. The van der Waals surface area contributed by atoms with E-state index < -0.39 is 5.41 Å². The number of hydrogen-bond donors (Lipinski definition) is 1. The van der Waals surface area contributed by atoms with Crippen LogP contribution in [-0.2, 0) is 24.6 Å².